The Kier molecular flexibility index (Phi) is 4.75. The van der Waals surface area contributed by atoms with Gasteiger partial charge in [-0.2, -0.15) is 0 Å². The first-order valence-electron chi connectivity index (χ1n) is 5.05. The summed E-state index contributed by atoms with van der Waals surface area (Å²) in [6, 6.07) is 0. The van der Waals surface area contributed by atoms with Gasteiger partial charge in [0, 0.05) is 29.1 Å². The van der Waals surface area contributed by atoms with Crippen LogP contribution >= 0.6 is 0 Å². The van der Waals surface area contributed by atoms with Crippen molar-refractivity contribution in [1.29, 1.82) is 0 Å². The van der Waals surface area contributed by atoms with E-state index in [1.54, 1.807) is 0 Å². The van der Waals surface area contributed by atoms with E-state index in [1.807, 2.05) is 13.8 Å². The molecule has 1 aliphatic rings. The minimum atomic E-state index is -0.981. The molecule has 0 aliphatic carbocycles. The second-order valence-corrected chi connectivity index (χ2v) is 5.67. The molecule has 1 rings (SSSR count). The van der Waals surface area contributed by atoms with Gasteiger partial charge in [0.25, 0.3) is 0 Å². The van der Waals surface area contributed by atoms with Gasteiger partial charge in [0.15, 0.2) is 5.78 Å². The van der Waals surface area contributed by atoms with Crippen LogP contribution in [-0.4, -0.2) is 34.7 Å². The zero-order valence-electron chi connectivity index (χ0n) is 8.82. The first kappa shape index (κ1) is 11.9. The maximum atomic E-state index is 11.6. The van der Waals surface area contributed by atoms with Crippen molar-refractivity contribution in [2.75, 3.05) is 24.7 Å². The quantitative estimate of drug-likeness (QED) is 0.691. The fraction of sp³-hybridized carbons (Fsp3) is 0.900. The Morgan fingerprint density at radius 1 is 1.57 bits per heavy atom. The third-order valence-electron chi connectivity index (χ3n) is 2.21. The van der Waals surface area contributed by atoms with Gasteiger partial charge in [0.1, 0.15) is 0 Å². The second kappa shape index (κ2) is 5.61. The van der Waals surface area contributed by atoms with Crippen molar-refractivity contribution in [2.45, 2.75) is 20.3 Å². The van der Waals surface area contributed by atoms with Crippen molar-refractivity contribution < 1.29 is 13.7 Å². The summed E-state index contributed by atoms with van der Waals surface area (Å²) < 4.78 is 16.6. The Morgan fingerprint density at radius 2 is 2.29 bits per heavy atom. The lowest BCUT2D eigenvalue weighted by Crippen LogP contribution is -2.23. The van der Waals surface area contributed by atoms with Crippen LogP contribution in [0, 0.1) is 11.8 Å². The second-order valence-electron chi connectivity index (χ2n) is 4.17. The third-order valence-corrected chi connectivity index (χ3v) is 3.85. The van der Waals surface area contributed by atoms with E-state index in [1.165, 1.54) is 0 Å². The van der Waals surface area contributed by atoms with E-state index >= 15 is 0 Å². The number of ketones is 1. The summed E-state index contributed by atoms with van der Waals surface area (Å²) in [7, 11) is -0.981. The highest BCUT2D eigenvalue weighted by molar-refractivity contribution is 7.85. The van der Waals surface area contributed by atoms with Crippen molar-refractivity contribution >= 4 is 16.6 Å². The van der Waals surface area contributed by atoms with Crippen molar-refractivity contribution in [1.82, 2.24) is 0 Å². The van der Waals surface area contributed by atoms with Crippen LogP contribution in [0.5, 0.6) is 0 Å². The summed E-state index contributed by atoms with van der Waals surface area (Å²) in [5, 5.41) is 0. The van der Waals surface area contributed by atoms with Gasteiger partial charge in [0.2, 0.25) is 0 Å². The number of rotatable bonds is 5. The molecule has 4 heteroatoms. The zero-order valence-corrected chi connectivity index (χ0v) is 9.64. The monoisotopic (exact) mass is 218 g/mol. The van der Waals surface area contributed by atoms with E-state index < -0.39 is 10.8 Å². The Bertz CT molecular complexity index is 219. The Hall–Kier alpha value is -0.220. The molecule has 0 aromatic rings. The molecule has 2 unspecified atom stereocenters. The smallest absolute Gasteiger partial charge is 0.150 e. The van der Waals surface area contributed by atoms with Gasteiger partial charge < -0.3 is 4.74 Å². The molecule has 82 valence electrons. The number of hydrogen-bond acceptors (Lipinski definition) is 3. The van der Waals surface area contributed by atoms with E-state index in [0.29, 0.717) is 24.9 Å². The maximum Gasteiger partial charge on any atom is 0.150 e. The summed E-state index contributed by atoms with van der Waals surface area (Å²) in [5.41, 5.74) is 0. The lowest BCUT2D eigenvalue weighted by Gasteiger charge is -2.07. The molecule has 14 heavy (non-hydrogen) atoms. The van der Waals surface area contributed by atoms with E-state index in [4.69, 9.17) is 4.74 Å². The third kappa shape index (κ3) is 3.88. The summed E-state index contributed by atoms with van der Waals surface area (Å²) in [5.74, 6) is 1.35. The van der Waals surface area contributed by atoms with Gasteiger partial charge in [-0.05, 0) is 12.3 Å². The molecule has 0 aromatic heterocycles. The van der Waals surface area contributed by atoms with Crippen LogP contribution in [-0.2, 0) is 20.3 Å². The van der Waals surface area contributed by atoms with Gasteiger partial charge in [-0.3, -0.25) is 9.00 Å². The van der Waals surface area contributed by atoms with Crippen LogP contribution in [0.2, 0.25) is 0 Å². The van der Waals surface area contributed by atoms with Crippen LogP contribution in [0.1, 0.15) is 20.3 Å². The minimum absolute atomic E-state index is 0.00566. The van der Waals surface area contributed by atoms with E-state index in [2.05, 4.69) is 0 Å². The van der Waals surface area contributed by atoms with E-state index in [9.17, 15) is 9.00 Å². The molecule has 0 amide bonds. The largest absolute Gasteiger partial charge is 0.381 e. The molecular formula is C10H18O3S. The molecule has 1 saturated heterocycles. The molecule has 0 N–H and O–H groups in total. The highest BCUT2D eigenvalue weighted by atomic mass is 32.2. The van der Waals surface area contributed by atoms with E-state index in [-0.39, 0.29) is 17.5 Å². The Balaban J connectivity index is 2.28. The zero-order chi connectivity index (χ0) is 10.6. The fourth-order valence-corrected chi connectivity index (χ4v) is 2.91. The van der Waals surface area contributed by atoms with E-state index in [0.717, 1.165) is 6.42 Å². The lowest BCUT2D eigenvalue weighted by molar-refractivity contribution is -0.120. The van der Waals surface area contributed by atoms with Gasteiger partial charge in [-0.25, -0.2) is 0 Å². The van der Waals surface area contributed by atoms with Crippen LogP contribution in [0.4, 0.5) is 0 Å². The van der Waals surface area contributed by atoms with Crippen LogP contribution in [0.25, 0.3) is 0 Å². The Labute approximate surface area is 87.7 Å². The van der Waals surface area contributed by atoms with Crippen molar-refractivity contribution in [3.05, 3.63) is 0 Å². The molecule has 2 atom stereocenters. The van der Waals surface area contributed by atoms with Gasteiger partial charge in [-0.1, -0.05) is 13.8 Å². The number of ether oxygens (including phenoxy) is 1. The molecule has 3 nitrogen and oxygen atoms in total. The van der Waals surface area contributed by atoms with Crippen LogP contribution in [0.3, 0.4) is 0 Å². The number of Topliss-reactive ketones (excluding diaryl/α,β-unsaturated/α-hetero) is 1. The van der Waals surface area contributed by atoms with Crippen LogP contribution < -0.4 is 0 Å². The average molecular weight is 218 g/mol. The predicted octanol–water partition coefficient (Wildman–Crippen LogP) is 0.997. The predicted molar refractivity (Wildman–Crippen MR) is 56.6 cm³/mol. The molecule has 0 saturated carbocycles. The number of hydrogen-bond donors (Lipinski definition) is 0. The molecular weight excluding hydrogens is 200 g/mol. The van der Waals surface area contributed by atoms with Crippen molar-refractivity contribution in [2.24, 2.45) is 11.8 Å². The average Bonchev–Trinajstić information content (AvgIpc) is 2.53. The molecule has 0 radical (unpaired) electrons. The SMILES string of the molecule is CC(C)CS(=O)CC(=O)C1CCOC1. The molecule has 1 aliphatic heterocycles. The fourth-order valence-electron chi connectivity index (χ4n) is 1.50. The summed E-state index contributed by atoms with van der Waals surface area (Å²) in [4.78, 5) is 11.6. The lowest BCUT2D eigenvalue weighted by atomic mass is 10.1. The molecule has 0 spiro atoms. The number of carbonyl (C=O) groups excluding carboxylic acids is 1. The molecule has 0 aromatic carbocycles. The first-order chi connectivity index (χ1) is 6.59. The van der Waals surface area contributed by atoms with Gasteiger partial charge >= 0.3 is 0 Å². The highest BCUT2D eigenvalue weighted by Crippen LogP contribution is 2.14. The molecule has 1 fully saturated rings. The van der Waals surface area contributed by atoms with Crippen LogP contribution in [0.15, 0.2) is 0 Å². The molecule has 1 heterocycles. The Morgan fingerprint density at radius 3 is 2.79 bits per heavy atom. The summed E-state index contributed by atoms with van der Waals surface area (Å²) in [6.45, 7) is 5.23. The topological polar surface area (TPSA) is 43.4 Å². The summed E-state index contributed by atoms with van der Waals surface area (Å²) in [6.07, 6.45) is 0.803. The summed E-state index contributed by atoms with van der Waals surface area (Å²) >= 11 is 0. The standard InChI is InChI=1S/C10H18O3S/c1-8(2)6-14(12)7-10(11)9-3-4-13-5-9/h8-9H,3-7H2,1-2H3. The maximum absolute atomic E-state index is 11.6. The van der Waals surface area contributed by atoms with Gasteiger partial charge in [-0.15, -0.1) is 0 Å². The highest BCUT2D eigenvalue weighted by Gasteiger charge is 2.24. The minimum Gasteiger partial charge on any atom is -0.381 e. The normalized spacial score (nSPS) is 24.1. The first-order valence-corrected chi connectivity index (χ1v) is 6.54. The molecule has 0 bridgehead atoms. The number of carbonyl (C=O) groups is 1. The van der Waals surface area contributed by atoms with Crippen molar-refractivity contribution in [3.8, 4) is 0 Å². The van der Waals surface area contributed by atoms with Gasteiger partial charge in [0.05, 0.1) is 12.4 Å². The van der Waals surface area contributed by atoms with Crippen molar-refractivity contribution in [3.63, 3.8) is 0 Å².